The molecule has 1 aromatic heterocycles. The van der Waals surface area contributed by atoms with Crippen LogP contribution in [0.1, 0.15) is 17.0 Å². The molecule has 0 unspecified atom stereocenters. The quantitative estimate of drug-likeness (QED) is 0.820. The van der Waals surface area contributed by atoms with Crippen LogP contribution in [0.5, 0.6) is 5.75 Å². The van der Waals surface area contributed by atoms with Crippen LogP contribution in [0.4, 0.5) is 0 Å². The van der Waals surface area contributed by atoms with Gasteiger partial charge in [0, 0.05) is 12.2 Å². The summed E-state index contributed by atoms with van der Waals surface area (Å²) in [6.45, 7) is 3.00. The summed E-state index contributed by atoms with van der Waals surface area (Å²) in [5.41, 5.74) is 8.55. The lowest BCUT2D eigenvalue weighted by Gasteiger charge is -2.04. The van der Waals surface area contributed by atoms with Crippen molar-refractivity contribution in [3.8, 4) is 5.75 Å². The summed E-state index contributed by atoms with van der Waals surface area (Å²) in [5.74, 6) is 0.831. The van der Waals surface area contributed by atoms with Gasteiger partial charge in [-0.25, -0.2) is 0 Å². The fourth-order valence-corrected chi connectivity index (χ4v) is 1.43. The highest BCUT2D eigenvalue weighted by molar-refractivity contribution is 5.27. The molecule has 1 heterocycles. The maximum atomic E-state index is 5.58. The zero-order valence-corrected chi connectivity index (χ0v) is 9.23. The van der Waals surface area contributed by atoms with Crippen molar-refractivity contribution >= 4 is 0 Å². The lowest BCUT2D eigenvalue weighted by atomic mass is 10.2. The zero-order chi connectivity index (χ0) is 11.4. The summed E-state index contributed by atoms with van der Waals surface area (Å²) < 4.78 is 5.58. The van der Waals surface area contributed by atoms with Crippen LogP contribution in [0.25, 0.3) is 0 Å². The summed E-state index contributed by atoms with van der Waals surface area (Å²) in [6.07, 6.45) is 0. The van der Waals surface area contributed by atoms with Crippen LogP contribution in [-0.2, 0) is 13.2 Å². The van der Waals surface area contributed by atoms with Gasteiger partial charge in [0.05, 0.1) is 5.69 Å². The van der Waals surface area contributed by atoms with Crippen molar-refractivity contribution in [1.82, 2.24) is 10.2 Å². The molecule has 0 aliphatic carbocycles. The standard InChI is InChI=1S/C12H15N3O/c1-9-6-11(15-14-9)8-16-12-4-2-10(7-13)3-5-12/h2-6H,7-8,13H2,1H3,(H,14,15). The lowest BCUT2D eigenvalue weighted by molar-refractivity contribution is 0.301. The van der Waals surface area contributed by atoms with E-state index in [1.165, 1.54) is 0 Å². The Balaban J connectivity index is 1.94. The molecule has 3 N–H and O–H groups in total. The molecule has 0 atom stereocenters. The first-order valence-corrected chi connectivity index (χ1v) is 5.20. The van der Waals surface area contributed by atoms with E-state index in [9.17, 15) is 0 Å². The van der Waals surface area contributed by atoms with E-state index in [1.807, 2.05) is 37.3 Å². The van der Waals surface area contributed by atoms with E-state index in [1.54, 1.807) is 0 Å². The third kappa shape index (κ3) is 2.61. The molecule has 0 spiro atoms. The molecule has 0 aliphatic heterocycles. The van der Waals surface area contributed by atoms with Crippen LogP contribution < -0.4 is 10.5 Å². The number of aromatic amines is 1. The second-order valence-corrected chi connectivity index (χ2v) is 3.68. The number of H-pyrrole nitrogens is 1. The Morgan fingerprint density at radius 1 is 1.31 bits per heavy atom. The number of aryl methyl sites for hydroxylation is 1. The van der Waals surface area contributed by atoms with E-state index in [0.717, 1.165) is 22.7 Å². The summed E-state index contributed by atoms with van der Waals surface area (Å²) in [7, 11) is 0. The minimum Gasteiger partial charge on any atom is -0.487 e. The van der Waals surface area contributed by atoms with E-state index in [0.29, 0.717) is 13.2 Å². The molecular weight excluding hydrogens is 202 g/mol. The monoisotopic (exact) mass is 217 g/mol. The largest absolute Gasteiger partial charge is 0.487 e. The smallest absolute Gasteiger partial charge is 0.132 e. The minimum absolute atomic E-state index is 0.478. The molecule has 16 heavy (non-hydrogen) atoms. The third-order valence-corrected chi connectivity index (χ3v) is 2.30. The maximum Gasteiger partial charge on any atom is 0.132 e. The van der Waals surface area contributed by atoms with E-state index >= 15 is 0 Å². The summed E-state index contributed by atoms with van der Waals surface area (Å²) in [5, 5.41) is 6.97. The predicted molar refractivity (Wildman–Crippen MR) is 62.0 cm³/mol. The topological polar surface area (TPSA) is 63.9 Å². The fraction of sp³-hybridized carbons (Fsp3) is 0.250. The number of benzene rings is 1. The van der Waals surface area contributed by atoms with Crippen molar-refractivity contribution in [1.29, 1.82) is 0 Å². The molecular formula is C12H15N3O. The molecule has 0 radical (unpaired) electrons. The molecule has 0 saturated carbocycles. The Kier molecular flexibility index (Phi) is 3.22. The van der Waals surface area contributed by atoms with Crippen molar-refractivity contribution < 1.29 is 4.74 Å². The number of nitrogens with zero attached hydrogens (tertiary/aromatic N) is 1. The fourth-order valence-electron chi connectivity index (χ4n) is 1.43. The van der Waals surface area contributed by atoms with Gasteiger partial charge in [0.1, 0.15) is 12.4 Å². The third-order valence-electron chi connectivity index (χ3n) is 2.30. The van der Waals surface area contributed by atoms with Crippen LogP contribution in [0.2, 0.25) is 0 Å². The van der Waals surface area contributed by atoms with Gasteiger partial charge in [-0.15, -0.1) is 0 Å². The lowest BCUT2D eigenvalue weighted by Crippen LogP contribution is -1.98. The van der Waals surface area contributed by atoms with Gasteiger partial charge >= 0.3 is 0 Å². The van der Waals surface area contributed by atoms with Crippen LogP contribution in [0.3, 0.4) is 0 Å². The number of nitrogens with one attached hydrogen (secondary N) is 1. The van der Waals surface area contributed by atoms with E-state index in [2.05, 4.69) is 10.2 Å². The van der Waals surface area contributed by atoms with Crippen LogP contribution in [0, 0.1) is 6.92 Å². The van der Waals surface area contributed by atoms with Crippen molar-refractivity contribution in [3.05, 3.63) is 47.3 Å². The zero-order valence-electron chi connectivity index (χ0n) is 9.23. The Morgan fingerprint density at radius 3 is 2.62 bits per heavy atom. The minimum atomic E-state index is 0.478. The predicted octanol–water partition coefficient (Wildman–Crippen LogP) is 1.76. The number of hydrogen-bond acceptors (Lipinski definition) is 3. The SMILES string of the molecule is Cc1cc(COc2ccc(CN)cc2)n[nH]1. The van der Waals surface area contributed by atoms with Gasteiger partial charge in [0.2, 0.25) is 0 Å². The molecule has 0 saturated heterocycles. The Morgan fingerprint density at radius 2 is 2.06 bits per heavy atom. The van der Waals surface area contributed by atoms with Crippen molar-refractivity contribution in [2.24, 2.45) is 5.73 Å². The Labute approximate surface area is 94.4 Å². The van der Waals surface area contributed by atoms with Crippen molar-refractivity contribution in [2.45, 2.75) is 20.1 Å². The number of nitrogens with two attached hydrogens (primary N) is 1. The molecule has 1 aromatic carbocycles. The summed E-state index contributed by atoms with van der Waals surface area (Å²) in [6, 6.07) is 9.73. The summed E-state index contributed by atoms with van der Waals surface area (Å²) >= 11 is 0. The molecule has 0 amide bonds. The van der Waals surface area contributed by atoms with Gasteiger partial charge in [-0.1, -0.05) is 12.1 Å². The number of aromatic nitrogens is 2. The van der Waals surface area contributed by atoms with Gasteiger partial charge < -0.3 is 10.5 Å². The van der Waals surface area contributed by atoms with Crippen molar-refractivity contribution in [3.63, 3.8) is 0 Å². The molecule has 0 fully saturated rings. The highest BCUT2D eigenvalue weighted by Gasteiger charge is 1.99. The highest BCUT2D eigenvalue weighted by atomic mass is 16.5. The number of hydrogen-bond donors (Lipinski definition) is 2. The van der Waals surface area contributed by atoms with Crippen LogP contribution in [0.15, 0.2) is 30.3 Å². The molecule has 0 bridgehead atoms. The molecule has 84 valence electrons. The second-order valence-electron chi connectivity index (χ2n) is 3.68. The van der Waals surface area contributed by atoms with E-state index < -0.39 is 0 Å². The van der Waals surface area contributed by atoms with Gasteiger partial charge in [-0.2, -0.15) is 5.10 Å². The normalized spacial score (nSPS) is 10.4. The first-order chi connectivity index (χ1) is 7.78. The number of rotatable bonds is 4. The van der Waals surface area contributed by atoms with E-state index in [-0.39, 0.29) is 0 Å². The second kappa shape index (κ2) is 4.81. The van der Waals surface area contributed by atoms with Gasteiger partial charge in [-0.3, -0.25) is 5.10 Å². The van der Waals surface area contributed by atoms with Gasteiger partial charge in [-0.05, 0) is 30.7 Å². The molecule has 4 nitrogen and oxygen atoms in total. The Hall–Kier alpha value is -1.81. The molecule has 0 aliphatic rings. The maximum absolute atomic E-state index is 5.58. The Bertz CT molecular complexity index is 448. The van der Waals surface area contributed by atoms with Gasteiger partial charge in [0.15, 0.2) is 0 Å². The molecule has 2 rings (SSSR count). The average Bonchev–Trinajstić information content (AvgIpc) is 2.73. The average molecular weight is 217 g/mol. The first-order valence-electron chi connectivity index (χ1n) is 5.20. The van der Waals surface area contributed by atoms with Gasteiger partial charge in [0.25, 0.3) is 0 Å². The first kappa shape index (κ1) is 10.7. The van der Waals surface area contributed by atoms with Crippen LogP contribution >= 0.6 is 0 Å². The summed E-state index contributed by atoms with van der Waals surface area (Å²) in [4.78, 5) is 0. The molecule has 2 aromatic rings. The van der Waals surface area contributed by atoms with Crippen LogP contribution in [-0.4, -0.2) is 10.2 Å². The molecule has 4 heteroatoms. The van der Waals surface area contributed by atoms with E-state index in [4.69, 9.17) is 10.5 Å². The highest BCUT2D eigenvalue weighted by Crippen LogP contribution is 2.13. The van der Waals surface area contributed by atoms with Crippen molar-refractivity contribution in [2.75, 3.05) is 0 Å². The number of ether oxygens (including phenoxy) is 1.